The van der Waals surface area contributed by atoms with E-state index < -0.39 is 0 Å². The number of carbonyl (C=O) groups excluding carboxylic acids is 2. The predicted molar refractivity (Wildman–Crippen MR) is 133 cm³/mol. The number of nitrogens with zero attached hydrogens (tertiary/aromatic N) is 2. The van der Waals surface area contributed by atoms with Crippen molar-refractivity contribution in [2.45, 2.75) is 70.5 Å². The van der Waals surface area contributed by atoms with Crippen molar-refractivity contribution in [3.05, 3.63) is 69.6 Å². The van der Waals surface area contributed by atoms with E-state index in [1.54, 1.807) is 12.1 Å². The van der Waals surface area contributed by atoms with Gasteiger partial charge in [-0.1, -0.05) is 23.8 Å². The van der Waals surface area contributed by atoms with Crippen LogP contribution in [0.2, 0.25) is 0 Å². The Bertz CT molecular complexity index is 1080. The van der Waals surface area contributed by atoms with Crippen LogP contribution in [0.5, 0.6) is 0 Å². The largest absolute Gasteiger partial charge is 0.349 e. The molecule has 2 N–H and O–H groups in total. The number of aryl methyl sites for hydroxylation is 1. The molecule has 34 heavy (non-hydrogen) atoms. The normalized spacial score (nSPS) is 21.2. The first-order chi connectivity index (χ1) is 16.3. The number of amides is 2. The molecule has 1 aromatic heterocycles. The van der Waals surface area contributed by atoms with Gasteiger partial charge in [0, 0.05) is 43.0 Å². The predicted octanol–water partition coefficient (Wildman–Crippen LogP) is 2.99. The number of hydrogen-bond acceptors (Lipinski definition) is 4. The van der Waals surface area contributed by atoms with Crippen LogP contribution in [0.4, 0.5) is 0 Å². The van der Waals surface area contributed by atoms with E-state index in [1.165, 1.54) is 5.56 Å². The molecule has 1 aromatic carbocycles. The van der Waals surface area contributed by atoms with Gasteiger partial charge in [-0.2, -0.15) is 0 Å². The summed E-state index contributed by atoms with van der Waals surface area (Å²) in [4.78, 5) is 39.0. The minimum atomic E-state index is -0.227. The Morgan fingerprint density at radius 3 is 2.47 bits per heavy atom. The van der Waals surface area contributed by atoms with Gasteiger partial charge in [0.05, 0.1) is 12.6 Å². The lowest BCUT2D eigenvalue weighted by molar-refractivity contribution is -0.122. The lowest BCUT2D eigenvalue weighted by Gasteiger charge is -2.46. The van der Waals surface area contributed by atoms with E-state index in [1.807, 2.05) is 55.8 Å². The van der Waals surface area contributed by atoms with Crippen molar-refractivity contribution in [2.75, 3.05) is 19.6 Å². The molecule has 182 valence electrons. The van der Waals surface area contributed by atoms with E-state index in [0.717, 1.165) is 44.3 Å². The first-order valence-electron chi connectivity index (χ1n) is 12.4. The monoisotopic (exact) mass is 464 g/mol. The van der Waals surface area contributed by atoms with Gasteiger partial charge in [0.15, 0.2) is 0 Å². The van der Waals surface area contributed by atoms with Crippen molar-refractivity contribution in [2.24, 2.45) is 0 Å². The quantitative estimate of drug-likeness (QED) is 0.660. The second kappa shape index (κ2) is 10.6. The minimum absolute atomic E-state index is 0.00703. The van der Waals surface area contributed by atoms with Crippen LogP contribution in [-0.4, -0.2) is 53.0 Å². The van der Waals surface area contributed by atoms with Gasteiger partial charge in [-0.05, 0) is 70.1 Å². The molecule has 2 heterocycles. The lowest BCUT2D eigenvalue weighted by atomic mass is 9.80. The van der Waals surface area contributed by atoms with Gasteiger partial charge in [-0.15, -0.1) is 0 Å². The summed E-state index contributed by atoms with van der Waals surface area (Å²) in [6, 6.07) is 11.9. The van der Waals surface area contributed by atoms with Crippen LogP contribution >= 0.6 is 0 Å². The van der Waals surface area contributed by atoms with Crippen LogP contribution in [0.25, 0.3) is 0 Å². The van der Waals surface area contributed by atoms with Crippen molar-refractivity contribution in [3.63, 3.8) is 0 Å². The highest BCUT2D eigenvalue weighted by Gasteiger charge is 2.35. The Balaban J connectivity index is 1.17. The highest BCUT2D eigenvalue weighted by Crippen LogP contribution is 2.35. The molecule has 4 rings (SSSR count). The van der Waals surface area contributed by atoms with E-state index in [-0.39, 0.29) is 36.0 Å². The van der Waals surface area contributed by atoms with E-state index in [0.29, 0.717) is 17.5 Å². The van der Waals surface area contributed by atoms with E-state index >= 15 is 0 Å². The third kappa shape index (κ3) is 5.76. The average molecular weight is 465 g/mol. The standard InChI is InChI=1S/C27H36N4O3/c1-18(2)31-15-22(9-12-26(31)33)20-7-10-24(11-8-20)30-16-23(17-30)29-25(32)14-28-27(34)21-6-4-5-19(3)13-21/h4-6,9,12-13,15,18,20,23-24H,7-8,10-11,14,16-17H2,1-3H3,(H,28,34)(H,29,32). The van der Waals surface area contributed by atoms with Gasteiger partial charge >= 0.3 is 0 Å². The molecule has 2 amide bonds. The van der Waals surface area contributed by atoms with Gasteiger partial charge in [0.25, 0.3) is 11.5 Å². The summed E-state index contributed by atoms with van der Waals surface area (Å²) < 4.78 is 1.83. The number of hydrogen-bond donors (Lipinski definition) is 2. The van der Waals surface area contributed by atoms with Crippen LogP contribution in [0.15, 0.2) is 47.4 Å². The van der Waals surface area contributed by atoms with Crippen molar-refractivity contribution in [3.8, 4) is 0 Å². The maximum atomic E-state index is 12.3. The van der Waals surface area contributed by atoms with Crippen LogP contribution in [-0.2, 0) is 4.79 Å². The van der Waals surface area contributed by atoms with E-state index in [4.69, 9.17) is 0 Å². The van der Waals surface area contributed by atoms with Gasteiger partial charge in [-0.3, -0.25) is 19.3 Å². The minimum Gasteiger partial charge on any atom is -0.349 e. The molecule has 1 aliphatic carbocycles. The maximum absolute atomic E-state index is 12.3. The fraction of sp³-hybridized carbons (Fsp3) is 0.519. The van der Waals surface area contributed by atoms with Crippen molar-refractivity contribution in [1.29, 1.82) is 0 Å². The molecule has 7 nitrogen and oxygen atoms in total. The Morgan fingerprint density at radius 2 is 1.79 bits per heavy atom. The van der Waals surface area contributed by atoms with Crippen molar-refractivity contribution < 1.29 is 9.59 Å². The first-order valence-corrected chi connectivity index (χ1v) is 12.4. The van der Waals surface area contributed by atoms with Crippen LogP contribution in [0.1, 0.15) is 73.0 Å². The molecule has 1 saturated carbocycles. The molecule has 0 unspecified atom stereocenters. The summed E-state index contributed by atoms with van der Waals surface area (Å²) in [5.41, 5.74) is 2.92. The number of pyridine rings is 1. The number of benzene rings is 1. The first kappa shape index (κ1) is 24.2. The highest BCUT2D eigenvalue weighted by molar-refractivity contribution is 5.96. The molecule has 0 bridgehead atoms. The zero-order valence-electron chi connectivity index (χ0n) is 20.4. The smallest absolute Gasteiger partial charge is 0.251 e. The molecule has 2 aliphatic rings. The molecule has 2 fully saturated rings. The van der Waals surface area contributed by atoms with Crippen molar-refractivity contribution in [1.82, 2.24) is 20.1 Å². The van der Waals surface area contributed by atoms with Crippen LogP contribution in [0, 0.1) is 6.92 Å². The second-order valence-electron chi connectivity index (χ2n) is 10.1. The number of aromatic nitrogens is 1. The summed E-state index contributed by atoms with van der Waals surface area (Å²) in [6.07, 6.45) is 6.57. The van der Waals surface area contributed by atoms with E-state index in [2.05, 4.69) is 15.5 Å². The lowest BCUT2D eigenvalue weighted by Crippen LogP contribution is -2.63. The molecule has 0 spiro atoms. The summed E-state index contributed by atoms with van der Waals surface area (Å²) in [5.74, 6) is 0.139. The Kier molecular flexibility index (Phi) is 7.51. The molecular weight excluding hydrogens is 428 g/mol. The molecule has 1 saturated heterocycles. The zero-order chi connectivity index (χ0) is 24.2. The molecule has 0 atom stereocenters. The summed E-state index contributed by atoms with van der Waals surface area (Å²) in [7, 11) is 0. The maximum Gasteiger partial charge on any atom is 0.251 e. The Hall–Kier alpha value is -2.93. The molecule has 1 aliphatic heterocycles. The van der Waals surface area contributed by atoms with Gasteiger partial charge in [0.2, 0.25) is 5.91 Å². The highest BCUT2D eigenvalue weighted by atomic mass is 16.2. The van der Waals surface area contributed by atoms with Crippen LogP contribution < -0.4 is 16.2 Å². The SMILES string of the molecule is Cc1cccc(C(=O)NCC(=O)NC2CN(C3CCC(c4ccc(=O)n(C(C)C)c4)CC3)C2)c1. The second-order valence-corrected chi connectivity index (χ2v) is 10.1. The summed E-state index contributed by atoms with van der Waals surface area (Å²) in [6.45, 7) is 7.74. The van der Waals surface area contributed by atoms with E-state index in [9.17, 15) is 14.4 Å². The van der Waals surface area contributed by atoms with Crippen LogP contribution in [0.3, 0.4) is 0 Å². The summed E-state index contributed by atoms with van der Waals surface area (Å²) in [5, 5.41) is 5.74. The summed E-state index contributed by atoms with van der Waals surface area (Å²) >= 11 is 0. The number of rotatable bonds is 7. The number of likely N-dealkylation sites (tertiary alicyclic amines) is 1. The van der Waals surface area contributed by atoms with Crippen molar-refractivity contribution >= 4 is 11.8 Å². The zero-order valence-corrected chi connectivity index (χ0v) is 20.4. The topological polar surface area (TPSA) is 83.4 Å². The third-order valence-electron chi connectivity index (χ3n) is 7.17. The van der Waals surface area contributed by atoms with Gasteiger partial charge < -0.3 is 15.2 Å². The Morgan fingerprint density at radius 1 is 1.06 bits per heavy atom. The number of nitrogens with one attached hydrogen (secondary N) is 2. The van der Waals surface area contributed by atoms with Gasteiger partial charge in [0.1, 0.15) is 0 Å². The molecule has 2 aromatic rings. The fourth-order valence-corrected chi connectivity index (χ4v) is 5.17. The third-order valence-corrected chi connectivity index (χ3v) is 7.17. The van der Waals surface area contributed by atoms with Gasteiger partial charge in [-0.25, -0.2) is 0 Å². The average Bonchev–Trinajstić information content (AvgIpc) is 2.80. The molecule has 7 heteroatoms. The number of carbonyl (C=O) groups is 2. The Labute approximate surface area is 201 Å². The molecular formula is C27H36N4O3. The fourth-order valence-electron chi connectivity index (χ4n) is 5.17. The molecule has 0 radical (unpaired) electrons.